The summed E-state index contributed by atoms with van der Waals surface area (Å²) in [6.45, 7) is 4.38. The topological polar surface area (TPSA) is 51.3 Å². The molecule has 1 heterocycles. The van der Waals surface area contributed by atoms with Crippen molar-refractivity contribution in [1.29, 1.82) is 0 Å². The zero-order valence-electron chi connectivity index (χ0n) is 11.0. The zero-order chi connectivity index (χ0) is 12.8. The van der Waals surface area contributed by atoms with E-state index in [0.717, 1.165) is 25.0 Å². The van der Waals surface area contributed by atoms with Gasteiger partial charge < -0.3 is 14.5 Å². The average Bonchev–Trinajstić information content (AvgIpc) is 2.27. The van der Waals surface area contributed by atoms with Crippen LogP contribution >= 0.6 is 0 Å². The fourth-order valence-corrected chi connectivity index (χ4v) is 1.75. The maximum Gasteiger partial charge on any atom is 0.238 e. The molecular formula is C13H21NO3. The van der Waals surface area contributed by atoms with Gasteiger partial charge in [0.05, 0.1) is 14.2 Å². The van der Waals surface area contributed by atoms with Crippen LogP contribution in [0.15, 0.2) is 10.9 Å². The Morgan fingerprint density at radius 2 is 2.00 bits per heavy atom. The monoisotopic (exact) mass is 239 g/mol. The molecule has 0 atom stereocenters. The van der Waals surface area contributed by atoms with E-state index < -0.39 is 0 Å². The van der Waals surface area contributed by atoms with E-state index in [1.54, 1.807) is 6.07 Å². The number of rotatable bonds is 6. The minimum atomic E-state index is -0.136. The number of aromatic nitrogens is 1. The van der Waals surface area contributed by atoms with Gasteiger partial charge in [0.15, 0.2) is 0 Å². The molecule has 0 unspecified atom stereocenters. The molecule has 0 saturated carbocycles. The molecule has 17 heavy (non-hydrogen) atoms. The van der Waals surface area contributed by atoms with E-state index in [2.05, 4.69) is 18.8 Å². The van der Waals surface area contributed by atoms with Gasteiger partial charge >= 0.3 is 0 Å². The first kappa shape index (κ1) is 13.6. The van der Waals surface area contributed by atoms with E-state index in [-0.39, 0.29) is 11.2 Å². The average molecular weight is 239 g/mol. The number of aromatic amines is 1. The van der Waals surface area contributed by atoms with Crippen LogP contribution in [0, 0.1) is 5.92 Å². The predicted octanol–water partition coefficient (Wildman–Crippen LogP) is 2.37. The lowest BCUT2D eigenvalue weighted by molar-refractivity contribution is 0.339. The highest BCUT2D eigenvalue weighted by molar-refractivity contribution is 5.34. The highest BCUT2D eigenvalue weighted by Crippen LogP contribution is 2.20. The fourth-order valence-electron chi connectivity index (χ4n) is 1.75. The van der Waals surface area contributed by atoms with Crippen LogP contribution in [0.3, 0.4) is 0 Å². The molecule has 0 aliphatic carbocycles. The summed E-state index contributed by atoms with van der Waals surface area (Å²) >= 11 is 0. The first-order valence-electron chi connectivity index (χ1n) is 5.92. The zero-order valence-corrected chi connectivity index (χ0v) is 11.0. The molecule has 1 N–H and O–H groups in total. The van der Waals surface area contributed by atoms with Gasteiger partial charge in [-0.05, 0) is 18.8 Å². The molecule has 0 fully saturated rings. The predicted molar refractivity (Wildman–Crippen MR) is 67.9 cm³/mol. The molecule has 1 aromatic heterocycles. The molecule has 4 heteroatoms. The highest BCUT2D eigenvalue weighted by atomic mass is 16.5. The van der Waals surface area contributed by atoms with Crippen LogP contribution in [0.25, 0.3) is 0 Å². The Morgan fingerprint density at radius 1 is 1.29 bits per heavy atom. The van der Waals surface area contributed by atoms with Crippen LogP contribution in [0.4, 0.5) is 0 Å². The van der Waals surface area contributed by atoms with Gasteiger partial charge in [0.2, 0.25) is 17.1 Å². The van der Waals surface area contributed by atoms with Crippen LogP contribution in [0.5, 0.6) is 11.6 Å². The normalized spacial score (nSPS) is 10.6. The van der Waals surface area contributed by atoms with Crippen LogP contribution in [0.1, 0.15) is 32.4 Å². The Labute approximate surface area is 102 Å². The maximum atomic E-state index is 11.7. The Balaban J connectivity index is 2.81. The first-order chi connectivity index (χ1) is 8.08. The van der Waals surface area contributed by atoms with Crippen molar-refractivity contribution in [3.63, 3.8) is 0 Å². The second kappa shape index (κ2) is 6.33. The Morgan fingerprint density at radius 3 is 2.53 bits per heavy atom. The molecule has 0 aliphatic rings. The summed E-state index contributed by atoms with van der Waals surface area (Å²) in [7, 11) is 2.98. The van der Waals surface area contributed by atoms with E-state index in [1.807, 2.05) is 0 Å². The molecular weight excluding hydrogens is 218 g/mol. The van der Waals surface area contributed by atoms with E-state index >= 15 is 0 Å². The van der Waals surface area contributed by atoms with Crippen molar-refractivity contribution in [3.05, 3.63) is 22.0 Å². The van der Waals surface area contributed by atoms with E-state index in [4.69, 9.17) is 9.47 Å². The summed E-state index contributed by atoms with van der Waals surface area (Å²) in [4.78, 5) is 14.8. The quantitative estimate of drug-likeness (QED) is 0.829. The van der Waals surface area contributed by atoms with Crippen LogP contribution in [-0.2, 0) is 6.42 Å². The molecule has 1 rings (SSSR count). The van der Waals surface area contributed by atoms with Gasteiger partial charge in [-0.15, -0.1) is 0 Å². The molecule has 0 amide bonds. The summed E-state index contributed by atoms with van der Waals surface area (Å²) in [6.07, 6.45) is 3.06. The van der Waals surface area contributed by atoms with Crippen molar-refractivity contribution in [2.24, 2.45) is 5.92 Å². The molecule has 0 saturated heterocycles. The second-order valence-corrected chi connectivity index (χ2v) is 4.51. The Bertz CT molecular complexity index is 410. The number of H-pyrrole nitrogens is 1. The molecule has 1 aromatic rings. The number of ether oxygens (including phenoxy) is 2. The molecule has 0 radical (unpaired) electrons. The second-order valence-electron chi connectivity index (χ2n) is 4.51. The number of nitrogens with one attached hydrogen (secondary N) is 1. The Hall–Kier alpha value is -1.45. The first-order valence-corrected chi connectivity index (χ1v) is 5.92. The van der Waals surface area contributed by atoms with Crippen molar-refractivity contribution in [2.45, 2.75) is 33.1 Å². The van der Waals surface area contributed by atoms with Gasteiger partial charge in [0, 0.05) is 11.8 Å². The standard InChI is InChI=1S/C13H21NO3/c1-9(2)6-5-7-10-8-11(15)12(16-3)13(14-10)17-4/h8-9H,5-7H2,1-4H3,(H,14,15). The SMILES string of the molecule is COc1[nH]c(CCCC(C)C)cc(=O)c1OC. The third-order valence-corrected chi connectivity index (χ3v) is 2.65. The number of methoxy groups -OCH3 is 2. The third-order valence-electron chi connectivity index (χ3n) is 2.65. The summed E-state index contributed by atoms with van der Waals surface area (Å²) in [6, 6.07) is 1.58. The van der Waals surface area contributed by atoms with Gasteiger partial charge in [-0.1, -0.05) is 20.3 Å². The largest absolute Gasteiger partial charge is 0.488 e. The minimum Gasteiger partial charge on any atom is -0.488 e. The molecule has 0 aromatic carbocycles. The molecule has 0 spiro atoms. The lowest BCUT2D eigenvalue weighted by atomic mass is 10.1. The summed E-state index contributed by atoms with van der Waals surface area (Å²) < 4.78 is 10.1. The highest BCUT2D eigenvalue weighted by Gasteiger charge is 2.10. The van der Waals surface area contributed by atoms with Gasteiger partial charge in [-0.3, -0.25) is 4.79 Å². The molecule has 96 valence electrons. The molecule has 4 nitrogen and oxygen atoms in total. The van der Waals surface area contributed by atoms with Crippen molar-refractivity contribution >= 4 is 0 Å². The van der Waals surface area contributed by atoms with E-state index in [0.29, 0.717) is 11.8 Å². The van der Waals surface area contributed by atoms with E-state index in [9.17, 15) is 4.79 Å². The molecule has 0 bridgehead atoms. The smallest absolute Gasteiger partial charge is 0.238 e. The third kappa shape index (κ3) is 3.80. The lowest BCUT2D eigenvalue weighted by Crippen LogP contribution is -2.10. The summed E-state index contributed by atoms with van der Waals surface area (Å²) in [5, 5.41) is 0. The van der Waals surface area contributed by atoms with Crippen molar-refractivity contribution in [2.75, 3.05) is 14.2 Å². The van der Waals surface area contributed by atoms with Crippen LogP contribution in [0.2, 0.25) is 0 Å². The summed E-state index contributed by atoms with van der Waals surface area (Å²) in [5.41, 5.74) is 0.760. The van der Waals surface area contributed by atoms with Gasteiger partial charge in [0.25, 0.3) is 0 Å². The van der Waals surface area contributed by atoms with Gasteiger partial charge in [-0.25, -0.2) is 0 Å². The summed E-state index contributed by atoms with van der Waals surface area (Å²) in [5.74, 6) is 1.32. The number of aryl methyl sites for hydroxylation is 1. The number of hydrogen-bond donors (Lipinski definition) is 1. The fraction of sp³-hybridized carbons (Fsp3) is 0.615. The Kier molecular flexibility index (Phi) is 5.07. The van der Waals surface area contributed by atoms with Gasteiger partial charge in [-0.2, -0.15) is 0 Å². The number of pyridine rings is 1. The van der Waals surface area contributed by atoms with Crippen LogP contribution in [-0.4, -0.2) is 19.2 Å². The minimum absolute atomic E-state index is 0.136. The number of hydrogen-bond acceptors (Lipinski definition) is 3. The van der Waals surface area contributed by atoms with Crippen molar-refractivity contribution in [3.8, 4) is 11.6 Å². The molecule has 0 aliphatic heterocycles. The van der Waals surface area contributed by atoms with E-state index in [1.165, 1.54) is 14.2 Å². The van der Waals surface area contributed by atoms with Gasteiger partial charge in [0.1, 0.15) is 0 Å². The lowest BCUT2D eigenvalue weighted by Gasteiger charge is -2.09. The maximum absolute atomic E-state index is 11.7. The van der Waals surface area contributed by atoms with Crippen molar-refractivity contribution < 1.29 is 9.47 Å². The van der Waals surface area contributed by atoms with Crippen LogP contribution < -0.4 is 14.9 Å². The van der Waals surface area contributed by atoms with Crippen molar-refractivity contribution in [1.82, 2.24) is 4.98 Å².